The summed E-state index contributed by atoms with van der Waals surface area (Å²) in [5, 5.41) is 19.3. The summed E-state index contributed by atoms with van der Waals surface area (Å²) in [4.78, 5) is 9.67. The normalized spacial score (nSPS) is 12.0. The second kappa shape index (κ2) is 18.1. The van der Waals surface area contributed by atoms with Gasteiger partial charge in [-0.25, -0.2) is 0 Å². The van der Waals surface area contributed by atoms with E-state index in [0.717, 1.165) is 18.2 Å². The van der Waals surface area contributed by atoms with Crippen LogP contribution in [0.2, 0.25) is 5.28 Å². The van der Waals surface area contributed by atoms with Gasteiger partial charge in [-0.1, -0.05) is 12.1 Å². The first kappa shape index (κ1) is 46.1. The van der Waals surface area contributed by atoms with Gasteiger partial charge in [0.25, 0.3) is 30.4 Å². The van der Waals surface area contributed by atoms with Gasteiger partial charge in [0, 0.05) is 10.8 Å². The van der Waals surface area contributed by atoms with Gasteiger partial charge in [-0.05, 0) is 85.1 Å². The number of fused-ring (bicyclic) bond motifs is 1. The molecule has 0 fully saturated rings. The fourth-order valence-corrected chi connectivity index (χ4v) is 6.48. The Kier molecular flexibility index (Phi) is 16.0. The fraction of sp³-hybridized carbons (Fsp3) is 0.0741. The smallest absolute Gasteiger partial charge is 0.368 e. The topological polar surface area (TPSA) is 289 Å². The van der Waals surface area contributed by atoms with E-state index in [1.807, 2.05) is 0 Å². The Morgan fingerprint density at radius 3 is 1.75 bits per heavy atom. The van der Waals surface area contributed by atoms with Gasteiger partial charge in [0.2, 0.25) is 17.2 Å². The first-order valence-electron chi connectivity index (χ1n) is 13.3. The molecule has 0 saturated carbocycles. The Morgan fingerprint density at radius 2 is 1.21 bits per heavy atom. The summed E-state index contributed by atoms with van der Waals surface area (Å²) in [5.74, 6) is -0.290. The molecule has 5 aromatic rings. The average molecular weight is 817 g/mol. The number of aryl methyl sites for hydroxylation is 2. The molecule has 0 radical (unpaired) electrons. The van der Waals surface area contributed by atoms with Crippen molar-refractivity contribution in [1.82, 2.24) is 15.0 Å². The predicted octanol–water partition coefficient (Wildman–Crippen LogP) is -2.80. The van der Waals surface area contributed by atoms with E-state index in [-0.39, 0.29) is 134 Å². The SMILES string of the molecule is Cc1cc(N=Nc2ccc(Nc3nc(N)nc(Cl)n3)c3c(S(=O)(=O)O)cccc23)c(C)cc1N=Nc1cc(S(=O)(=O)O)ccc1S(=O)(=O)O.[Na+].[Na+].[Na+]. The molecule has 18 nitrogen and oxygen atoms in total. The van der Waals surface area contributed by atoms with Crippen LogP contribution >= 0.6 is 11.6 Å². The van der Waals surface area contributed by atoms with Gasteiger partial charge in [-0.2, -0.15) is 50.4 Å². The van der Waals surface area contributed by atoms with Crippen molar-refractivity contribution in [3.8, 4) is 0 Å². The van der Waals surface area contributed by atoms with Crippen molar-refractivity contribution in [3.63, 3.8) is 0 Å². The van der Waals surface area contributed by atoms with Crippen molar-refractivity contribution < 1.29 is 128 Å². The molecular formula is C27H22ClN9Na3O9S3+3. The van der Waals surface area contributed by atoms with Crippen molar-refractivity contribution in [2.45, 2.75) is 28.5 Å². The quantitative estimate of drug-likeness (QED) is 0.0571. The summed E-state index contributed by atoms with van der Waals surface area (Å²) < 4.78 is 100. The van der Waals surface area contributed by atoms with Crippen LogP contribution in [0.1, 0.15) is 11.1 Å². The van der Waals surface area contributed by atoms with Crippen molar-refractivity contribution >= 4 is 93.1 Å². The van der Waals surface area contributed by atoms with E-state index in [1.165, 1.54) is 30.3 Å². The Hall–Kier alpha value is -2.03. The summed E-state index contributed by atoms with van der Waals surface area (Å²) >= 11 is 5.87. The maximum atomic E-state index is 12.3. The molecule has 0 amide bonds. The van der Waals surface area contributed by atoms with Crippen LogP contribution in [0.5, 0.6) is 0 Å². The molecule has 0 saturated heterocycles. The number of rotatable bonds is 9. The second-order valence-electron chi connectivity index (χ2n) is 10.1. The molecule has 4 aromatic carbocycles. The minimum absolute atomic E-state index is 0. The van der Waals surface area contributed by atoms with Crippen LogP contribution in [-0.2, 0) is 30.4 Å². The van der Waals surface area contributed by atoms with Crippen LogP contribution in [0, 0.1) is 13.8 Å². The van der Waals surface area contributed by atoms with Gasteiger partial charge in [0.15, 0.2) is 0 Å². The standard InChI is InChI=1S/C27H22ClN9O9S3.3Na/c1-13-11-20(36-37-21-12-15(47(38,39)40)6-9-22(21)48(41,42)43)14(2)10-19(13)35-34-17-7-8-18(30-27-32-25(28)31-26(29)33-27)24-16(17)4-3-5-23(24)49(44,45)46;;;/h3-12H,1-2H3,(H,38,39,40)(H,41,42,43)(H,44,45,46)(H3,29,30,31,32,33);;;/q;3*+1. The third kappa shape index (κ3) is 11.0. The number of hydrogen-bond donors (Lipinski definition) is 5. The van der Waals surface area contributed by atoms with Crippen LogP contribution in [0.25, 0.3) is 10.8 Å². The zero-order chi connectivity index (χ0) is 35.9. The number of nitrogens with two attached hydrogens (primary N) is 1. The molecule has 254 valence electrons. The minimum Gasteiger partial charge on any atom is -0.368 e. The Balaban J connectivity index is 0.00000312. The third-order valence-corrected chi connectivity index (χ3v) is 9.50. The fourth-order valence-electron chi connectivity index (χ4n) is 4.48. The minimum atomic E-state index is -4.84. The van der Waals surface area contributed by atoms with Gasteiger partial charge >= 0.3 is 88.7 Å². The number of hydrogen-bond acceptors (Lipinski definition) is 15. The van der Waals surface area contributed by atoms with Crippen molar-refractivity contribution in [3.05, 3.63) is 77.1 Å². The van der Waals surface area contributed by atoms with E-state index in [1.54, 1.807) is 26.0 Å². The summed E-state index contributed by atoms with van der Waals surface area (Å²) in [6, 6.07) is 12.5. The molecule has 0 atom stereocenters. The number of anilines is 3. The number of aromatic nitrogens is 3. The molecule has 52 heavy (non-hydrogen) atoms. The van der Waals surface area contributed by atoms with E-state index in [2.05, 4.69) is 40.7 Å². The van der Waals surface area contributed by atoms with Crippen LogP contribution in [0.3, 0.4) is 0 Å². The van der Waals surface area contributed by atoms with Gasteiger partial charge in [-0.15, -0.1) is 10.2 Å². The Labute approximate surface area is 368 Å². The van der Waals surface area contributed by atoms with E-state index >= 15 is 0 Å². The van der Waals surface area contributed by atoms with Crippen molar-refractivity contribution in [2.75, 3.05) is 11.1 Å². The first-order chi connectivity index (χ1) is 22.8. The monoisotopic (exact) mass is 816 g/mol. The van der Waals surface area contributed by atoms with Crippen LogP contribution in [0.4, 0.5) is 40.3 Å². The van der Waals surface area contributed by atoms with Gasteiger partial charge in [0.1, 0.15) is 15.5 Å². The molecule has 0 aliphatic heterocycles. The molecule has 0 unspecified atom stereocenters. The zero-order valence-electron chi connectivity index (χ0n) is 27.9. The molecule has 0 aliphatic rings. The summed E-state index contributed by atoms with van der Waals surface area (Å²) in [6.45, 7) is 3.28. The van der Waals surface area contributed by atoms with E-state index < -0.39 is 50.7 Å². The molecule has 1 heterocycles. The van der Waals surface area contributed by atoms with Crippen LogP contribution in [-0.4, -0.2) is 53.9 Å². The maximum absolute atomic E-state index is 12.3. The predicted molar refractivity (Wildman–Crippen MR) is 177 cm³/mol. The second-order valence-corrected chi connectivity index (χ2v) is 14.6. The summed E-state index contributed by atoms with van der Waals surface area (Å²) in [7, 11) is -14.3. The van der Waals surface area contributed by atoms with E-state index in [4.69, 9.17) is 17.3 Å². The number of benzene rings is 4. The van der Waals surface area contributed by atoms with Crippen molar-refractivity contribution in [2.24, 2.45) is 20.5 Å². The Morgan fingerprint density at radius 1 is 0.654 bits per heavy atom. The van der Waals surface area contributed by atoms with E-state index in [0.29, 0.717) is 16.8 Å². The first-order valence-corrected chi connectivity index (χ1v) is 18.0. The number of nitrogen functional groups attached to an aromatic ring is 1. The number of nitrogens with one attached hydrogen (secondary N) is 1. The largest absolute Gasteiger partial charge is 1.00 e. The zero-order valence-corrected chi connectivity index (χ0v) is 37.1. The molecule has 5 rings (SSSR count). The molecule has 1 aromatic heterocycles. The van der Waals surface area contributed by atoms with Crippen LogP contribution in [0.15, 0.2) is 95.8 Å². The van der Waals surface area contributed by atoms with Gasteiger partial charge < -0.3 is 11.1 Å². The average Bonchev–Trinajstić information content (AvgIpc) is 2.99. The Bertz CT molecular complexity index is 2560. The van der Waals surface area contributed by atoms with E-state index in [9.17, 15) is 38.9 Å². The molecule has 0 aliphatic carbocycles. The molecular weight excluding hydrogens is 795 g/mol. The molecule has 25 heteroatoms. The molecule has 0 spiro atoms. The van der Waals surface area contributed by atoms with Crippen LogP contribution < -0.4 is 99.7 Å². The molecule has 6 N–H and O–H groups in total. The van der Waals surface area contributed by atoms with Gasteiger partial charge in [0.05, 0.1) is 27.6 Å². The number of halogens is 1. The number of azo groups is 2. The summed E-state index contributed by atoms with van der Waals surface area (Å²) in [6.07, 6.45) is 0. The summed E-state index contributed by atoms with van der Waals surface area (Å²) in [5.41, 5.74) is 7.00. The number of nitrogens with zero attached hydrogens (tertiary/aromatic N) is 7. The molecule has 0 bridgehead atoms. The maximum Gasteiger partial charge on any atom is 1.00 e. The third-order valence-electron chi connectivity index (χ3n) is 6.68. The van der Waals surface area contributed by atoms with Crippen molar-refractivity contribution in [1.29, 1.82) is 0 Å². The van der Waals surface area contributed by atoms with Gasteiger partial charge in [-0.3, -0.25) is 13.7 Å².